The van der Waals surface area contributed by atoms with E-state index in [0.29, 0.717) is 29.4 Å². The first-order valence-corrected chi connectivity index (χ1v) is 27.0. The van der Waals surface area contributed by atoms with Crippen LogP contribution in [0.3, 0.4) is 0 Å². The Kier molecular flexibility index (Phi) is 35.5. The van der Waals surface area contributed by atoms with E-state index >= 15 is 0 Å². The second-order valence-electron chi connectivity index (χ2n) is 16.0. The van der Waals surface area contributed by atoms with E-state index in [2.05, 4.69) is 62.0 Å². The van der Waals surface area contributed by atoms with E-state index in [1.54, 1.807) is 92.7 Å². The van der Waals surface area contributed by atoms with Gasteiger partial charge in [-0.2, -0.15) is 0 Å². The molecule has 0 aliphatic carbocycles. The molecule has 0 atom stereocenters. The van der Waals surface area contributed by atoms with E-state index in [1.165, 1.54) is 18.7 Å². The standard InChI is InChI=1S/C10H15NO.2C8H10N2O.C8H11NO2.C7H9NS.2C6H6BrN.C6H7NS/c1-2-6-12-8-9-4-3-5-10(11)7-9;1-6(11)10-8-4-2-7(9)3-5-8;1-6(11)10-8-4-2-3-7(9)5-8;1-10-6-3-4-7(9)8(5-6)11-2;1-9-7-4-2-6(8)3-5-7;7-5-2-1-3-6(8)4-5;7-5-3-1-2-4-6(5)8;7-5-1-3-6(8)4-2-5/h3-5,7H,2,6,8,11H2,1H3;2*2-5H,9H2,1H3,(H,10,11);3-5H,9H2,1-2H3;2-5H,8H2,1H3;2*1-4H,8H2;1-4,8H,7H2. The van der Waals surface area contributed by atoms with E-state index in [4.69, 9.17) is 60.1 Å². The lowest BCUT2D eigenvalue weighted by Crippen LogP contribution is -2.05. The maximum Gasteiger partial charge on any atom is 0.221 e. The molecule has 416 valence electrons. The average molecular weight is 1230 g/mol. The van der Waals surface area contributed by atoms with E-state index < -0.39 is 0 Å². The third-order valence-corrected chi connectivity index (χ3v) is 11.5. The molecule has 8 rings (SSSR count). The van der Waals surface area contributed by atoms with Gasteiger partial charge < -0.3 is 70.7 Å². The molecular weight excluding hydrogens is 1150 g/mol. The Bertz CT molecular complexity index is 2870. The van der Waals surface area contributed by atoms with Crippen LogP contribution in [-0.4, -0.2) is 38.9 Å². The van der Waals surface area contributed by atoms with Crippen LogP contribution in [0.15, 0.2) is 207 Å². The Labute approximate surface area is 486 Å². The Hall–Kier alpha value is -7.68. The van der Waals surface area contributed by atoms with Crippen LogP contribution in [0.2, 0.25) is 0 Å². The quantitative estimate of drug-likeness (QED) is 0.0277. The molecule has 0 unspecified atom stereocenters. The number of halogens is 2. The summed E-state index contributed by atoms with van der Waals surface area (Å²) in [5.74, 6) is 1.23. The summed E-state index contributed by atoms with van der Waals surface area (Å²) in [6.07, 6.45) is 3.10. The Morgan fingerprint density at radius 2 is 1.04 bits per heavy atom. The van der Waals surface area contributed by atoms with Crippen LogP contribution in [0.1, 0.15) is 32.8 Å². The summed E-state index contributed by atoms with van der Waals surface area (Å²) >= 11 is 12.4. The van der Waals surface area contributed by atoms with Gasteiger partial charge in [-0.05, 0) is 180 Å². The Balaban J connectivity index is 0.000000448. The van der Waals surface area contributed by atoms with Crippen LogP contribution < -0.4 is 66.0 Å². The number of thiol groups is 1. The predicted molar refractivity (Wildman–Crippen MR) is 343 cm³/mol. The molecule has 8 aromatic carbocycles. The van der Waals surface area contributed by atoms with Gasteiger partial charge in [0.05, 0.1) is 26.5 Å². The van der Waals surface area contributed by atoms with Gasteiger partial charge in [-0.3, -0.25) is 9.59 Å². The molecule has 18 N–H and O–H groups in total. The van der Waals surface area contributed by atoms with Gasteiger partial charge in [-0.25, -0.2) is 0 Å². The predicted octanol–water partition coefficient (Wildman–Crippen LogP) is 13.5. The highest BCUT2D eigenvalue weighted by Crippen LogP contribution is 2.26. The van der Waals surface area contributed by atoms with Crippen LogP contribution in [-0.2, 0) is 20.9 Å². The van der Waals surface area contributed by atoms with E-state index in [-0.39, 0.29) is 11.8 Å². The van der Waals surface area contributed by atoms with Gasteiger partial charge in [0.15, 0.2) is 0 Å². The van der Waals surface area contributed by atoms with Crippen molar-refractivity contribution in [3.05, 3.63) is 203 Å². The average Bonchev–Trinajstić information content (AvgIpc) is 3.40. The first-order valence-electron chi connectivity index (χ1n) is 23.8. The maximum atomic E-state index is 10.6. The Morgan fingerprint density at radius 1 is 0.526 bits per heavy atom. The number of nitrogen functional groups attached to an aromatic ring is 8. The van der Waals surface area contributed by atoms with Crippen LogP contribution in [0.25, 0.3) is 0 Å². The zero-order chi connectivity index (χ0) is 58.3. The minimum atomic E-state index is -0.0874. The number of thioether (sulfide) groups is 1. The number of methoxy groups -OCH3 is 2. The number of hydrogen-bond donors (Lipinski definition) is 11. The summed E-state index contributed by atoms with van der Waals surface area (Å²) in [7, 11) is 3.18. The monoisotopic (exact) mass is 1220 g/mol. The van der Waals surface area contributed by atoms with Gasteiger partial charge in [0.25, 0.3) is 0 Å². The second kappa shape index (κ2) is 40.6. The largest absolute Gasteiger partial charge is 0.497 e. The van der Waals surface area contributed by atoms with Gasteiger partial charge >= 0.3 is 0 Å². The zero-order valence-electron chi connectivity index (χ0n) is 44.8. The van der Waals surface area contributed by atoms with Crippen molar-refractivity contribution in [2.45, 2.75) is 43.6 Å². The van der Waals surface area contributed by atoms with E-state index in [0.717, 1.165) is 78.0 Å². The highest BCUT2D eigenvalue weighted by molar-refractivity contribution is 9.10. The van der Waals surface area contributed by atoms with Gasteiger partial charge in [0.1, 0.15) is 11.5 Å². The minimum absolute atomic E-state index is 0.0743. The molecule has 0 aliphatic rings. The number of hydrogen-bond acceptors (Lipinski definition) is 15. The number of anilines is 10. The van der Waals surface area contributed by atoms with Crippen LogP contribution in [0.4, 0.5) is 56.9 Å². The van der Waals surface area contributed by atoms with Crippen LogP contribution >= 0.6 is 56.3 Å². The fourth-order valence-corrected chi connectivity index (χ4v) is 6.74. The van der Waals surface area contributed by atoms with Crippen molar-refractivity contribution < 1.29 is 23.8 Å². The van der Waals surface area contributed by atoms with Crippen molar-refractivity contribution in [2.24, 2.45) is 0 Å². The number of carbonyl (C=O) groups is 2. The number of rotatable bonds is 9. The molecule has 8 aromatic rings. The fourth-order valence-electron chi connectivity index (χ4n) is 5.49. The summed E-state index contributed by atoms with van der Waals surface area (Å²) in [6, 6.07) is 57.5. The summed E-state index contributed by atoms with van der Waals surface area (Å²) in [5.41, 5.74) is 52.5. The highest BCUT2D eigenvalue weighted by atomic mass is 79.9. The zero-order valence-corrected chi connectivity index (χ0v) is 49.7. The molecule has 0 spiro atoms. The van der Waals surface area contributed by atoms with Crippen LogP contribution in [0.5, 0.6) is 11.5 Å². The number of para-hydroxylation sites is 1. The summed E-state index contributed by atoms with van der Waals surface area (Å²) in [6.45, 7) is 6.51. The molecule has 0 radical (unpaired) electrons. The molecule has 0 aromatic heterocycles. The third kappa shape index (κ3) is 34.1. The van der Waals surface area contributed by atoms with Crippen molar-refractivity contribution in [3.8, 4) is 11.5 Å². The molecule has 0 saturated carbocycles. The van der Waals surface area contributed by atoms with E-state index in [9.17, 15) is 9.59 Å². The first kappa shape index (κ1) is 68.3. The smallest absolute Gasteiger partial charge is 0.221 e. The number of nitrogens with two attached hydrogens (primary N) is 8. The minimum Gasteiger partial charge on any atom is -0.497 e. The van der Waals surface area contributed by atoms with Crippen molar-refractivity contribution in [2.75, 3.05) is 83.6 Å². The molecule has 78 heavy (non-hydrogen) atoms. The lowest BCUT2D eigenvalue weighted by molar-refractivity contribution is -0.115. The maximum absolute atomic E-state index is 10.6. The van der Waals surface area contributed by atoms with Crippen LogP contribution in [0, 0.1) is 0 Å². The molecular formula is C59H74Br2N10O5S2. The number of carbonyl (C=O) groups excluding carboxylic acids is 2. The summed E-state index contributed by atoms with van der Waals surface area (Å²) in [5, 5.41) is 5.26. The first-order chi connectivity index (χ1) is 37.2. The molecule has 0 aliphatic heterocycles. The van der Waals surface area contributed by atoms with Crippen molar-refractivity contribution in [1.29, 1.82) is 0 Å². The fraction of sp³-hybridized carbons (Fsp3) is 0.153. The normalized spacial score (nSPS) is 9.35. The molecule has 15 nitrogen and oxygen atoms in total. The number of ether oxygens (including phenoxy) is 3. The number of benzene rings is 8. The SMILES string of the molecule is CC(=O)Nc1ccc(N)cc1.CC(=O)Nc1cccc(N)c1.CCCOCc1cccc(N)c1.COc1ccc(N)c(OC)c1.CSc1ccc(N)cc1.Nc1ccc(S)cc1.Nc1cccc(Br)c1.Nc1ccccc1Br. The molecule has 0 saturated heterocycles. The molecule has 0 heterocycles. The van der Waals surface area contributed by atoms with Gasteiger partial charge in [-0.15, -0.1) is 24.4 Å². The molecule has 19 heteroatoms. The van der Waals surface area contributed by atoms with Crippen molar-refractivity contribution in [1.82, 2.24) is 0 Å². The van der Waals surface area contributed by atoms with Gasteiger partial charge in [0.2, 0.25) is 11.8 Å². The Morgan fingerprint density at radius 3 is 1.47 bits per heavy atom. The van der Waals surface area contributed by atoms with Gasteiger partial charge in [0, 0.05) is 96.4 Å². The highest BCUT2D eigenvalue weighted by Gasteiger charge is 2.00. The van der Waals surface area contributed by atoms with Crippen molar-refractivity contribution >= 4 is 125 Å². The van der Waals surface area contributed by atoms with Gasteiger partial charge in [-0.1, -0.05) is 59.3 Å². The third-order valence-electron chi connectivity index (χ3n) is 9.21. The lowest BCUT2D eigenvalue weighted by Gasteiger charge is -2.05. The van der Waals surface area contributed by atoms with E-state index in [1.807, 2.05) is 128 Å². The molecule has 0 bridgehead atoms. The topological polar surface area (TPSA) is 294 Å². The summed E-state index contributed by atoms with van der Waals surface area (Å²) < 4.78 is 17.3. The molecule has 2 amide bonds. The summed E-state index contributed by atoms with van der Waals surface area (Å²) in [4.78, 5) is 23.3. The molecule has 0 fully saturated rings. The second-order valence-corrected chi connectivity index (χ2v) is 19.1. The number of nitrogens with one attached hydrogen (secondary N) is 2. The lowest BCUT2D eigenvalue weighted by atomic mass is 10.2. The van der Waals surface area contributed by atoms with Crippen molar-refractivity contribution in [3.63, 3.8) is 0 Å². The number of amides is 2.